The lowest BCUT2D eigenvalue weighted by Crippen LogP contribution is -2.17. The molecule has 0 saturated heterocycles. The topological polar surface area (TPSA) is 80.9 Å². The molecular weight excluding hydrogens is 324 g/mol. The van der Waals surface area contributed by atoms with E-state index < -0.39 is 0 Å². The van der Waals surface area contributed by atoms with E-state index in [4.69, 9.17) is 0 Å². The largest absolute Gasteiger partial charge is 0.348 e. The van der Waals surface area contributed by atoms with Gasteiger partial charge in [-0.15, -0.1) is 16.9 Å². The van der Waals surface area contributed by atoms with Gasteiger partial charge in [0.1, 0.15) is 0 Å². The molecule has 3 aromatic heterocycles. The van der Waals surface area contributed by atoms with Crippen molar-refractivity contribution in [3.05, 3.63) is 41.1 Å². The number of H-pyrrole nitrogens is 1. The Balaban J connectivity index is 1.99. The zero-order chi connectivity index (χ0) is 16.8. The van der Waals surface area contributed by atoms with E-state index in [-0.39, 0.29) is 11.7 Å². The fourth-order valence-electron chi connectivity index (χ4n) is 2.66. The summed E-state index contributed by atoms with van der Waals surface area (Å²) in [6, 6.07) is 6.13. The zero-order valence-electron chi connectivity index (χ0n) is 13.5. The minimum Gasteiger partial charge on any atom is -0.304 e. The molecule has 1 aromatic carbocycles. The molecule has 1 N–H and O–H groups in total. The maximum atomic E-state index is 12.4. The molecular formula is C16H16N6OS. The average Bonchev–Trinajstić information content (AvgIpc) is 3.22. The molecule has 0 aliphatic carbocycles. The second kappa shape index (κ2) is 5.48. The quantitative estimate of drug-likeness (QED) is 0.580. The Labute approximate surface area is 141 Å². The molecule has 0 saturated carbocycles. The van der Waals surface area contributed by atoms with Crippen LogP contribution in [0, 0.1) is 0 Å². The minimum absolute atomic E-state index is 0.254. The van der Waals surface area contributed by atoms with Gasteiger partial charge in [-0.3, -0.25) is 4.68 Å². The van der Waals surface area contributed by atoms with Crippen LogP contribution >= 0.6 is 11.8 Å². The molecule has 4 aromatic rings. The maximum Gasteiger partial charge on any atom is 0.348 e. The first-order valence-electron chi connectivity index (χ1n) is 7.59. The summed E-state index contributed by atoms with van der Waals surface area (Å²) in [6.07, 6.45) is 5.59. The third-order valence-electron chi connectivity index (χ3n) is 3.91. The van der Waals surface area contributed by atoms with Crippen LogP contribution in [0.5, 0.6) is 0 Å². The van der Waals surface area contributed by atoms with Crippen LogP contribution in [0.2, 0.25) is 0 Å². The van der Waals surface area contributed by atoms with Crippen LogP contribution in [-0.2, 0) is 0 Å². The van der Waals surface area contributed by atoms with Gasteiger partial charge in [0, 0.05) is 22.5 Å². The summed E-state index contributed by atoms with van der Waals surface area (Å²) >= 11 is 1.58. The number of benzene rings is 1. The van der Waals surface area contributed by atoms with E-state index in [0.29, 0.717) is 11.5 Å². The lowest BCUT2D eigenvalue weighted by Gasteiger charge is -2.03. The van der Waals surface area contributed by atoms with Gasteiger partial charge in [0.15, 0.2) is 11.5 Å². The van der Waals surface area contributed by atoms with E-state index in [1.165, 1.54) is 4.52 Å². The third kappa shape index (κ3) is 2.22. The molecule has 0 aliphatic rings. The summed E-state index contributed by atoms with van der Waals surface area (Å²) in [4.78, 5) is 20.9. The van der Waals surface area contributed by atoms with Crippen LogP contribution in [-0.4, -0.2) is 35.6 Å². The monoisotopic (exact) mass is 340 g/mol. The molecule has 4 rings (SSSR count). The highest BCUT2D eigenvalue weighted by atomic mass is 32.2. The summed E-state index contributed by atoms with van der Waals surface area (Å²) < 4.78 is 3.16. The van der Waals surface area contributed by atoms with Gasteiger partial charge in [0.2, 0.25) is 0 Å². The van der Waals surface area contributed by atoms with Crippen molar-refractivity contribution in [2.24, 2.45) is 0 Å². The third-order valence-corrected chi connectivity index (χ3v) is 4.69. The Morgan fingerprint density at radius 1 is 1.29 bits per heavy atom. The van der Waals surface area contributed by atoms with E-state index in [1.807, 2.05) is 35.3 Å². The first-order valence-corrected chi connectivity index (χ1v) is 8.81. The van der Waals surface area contributed by atoms with Crippen molar-refractivity contribution in [3.63, 3.8) is 0 Å². The van der Waals surface area contributed by atoms with Gasteiger partial charge in [0.05, 0.1) is 17.3 Å². The van der Waals surface area contributed by atoms with Crippen LogP contribution in [0.25, 0.3) is 27.9 Å². The Bertz CT molecular complexity index is 1110. The molecule has 0 radical (unpaired) electrons. The van der Waals surface area contributed by atoms with Gasteiger partial charge >= 0.3 is 5.69 Å². The van der Waals surface area contributed by atoms with Crippen molar-refractivity contribution >= 4 is 28.3 Å². The fraction of sp³-hybridized carbons (Fsp3) is 0.250. The van der Waals surface area contributed by atoms with Crippen LogP contribution in [0.15, 0.2) is 40.3 Å². The van der Waals surface area contributed by atoms with E-state index in [0.717, 1.165) is 21.4 Å². The molecule has 0 fully saturated rings. The van der Waals surface area contributed by atoms with Gasteiger partial charge in [-0.05, 0) is 32.2 Å². The van der Waals surface area contributed by atoms with Gasteiger partial charge in [-0.2, -0.15) is 9.61 Å². The van der Waals surface area contributed by atoms with Crippen LogP contribution < -0.4 is 5.69 Å². The highest BCUT2D eigenvalue weighted by Gasteiger charge is 2.15. The second-order valence-electron chi connectivity index (χ2n) is 5.79. The number of nitrogens with one attached hydrogen (secondary N) is 1. The molecule has 0 unspecified atom stereocenters. The molecule has 122 valence electrons. The Hall–Kier alpha value is -2.61. The number of aromatic nitrogens is 6. The van der Waals surface area contributed by atoms with E-state index in [9.17, 15) is 4.79 Å². The molecule has 8 heteroatoms. The van der Waals surface area contributed by atoms with Crippen molar-refractivity contribution in [2.75, 3.05) is 6.26 Å². The number of para-hydroxylation sites is 1. The highest BCUT2D eigenvalue weighted by molar-refractivity contribution is 7.98. The number of thioether (sulfide) groups is 1. The molecule has 0 aliphatic heterocycles. The molecule has 0 amide bonds. The number of hydrogen-bond donors (Lipinski definition) is 1. The Kier molecular flexibility index (Phi) is 3.42. The summed E-state index contributed by atoms with van der Waals surface area (Å²) in [5.74, 6) is 0.495. The zero-order valence-corrected chi connectivity index (χ0v) is 14.3. The van der Waals surface area contributed by atoms with Crippen molar-refractivity contribution < 1.29 is 0 Å². The maximum absolute atomic E-state index is 12.4. The van der Waals surface area contributed by atoms with Crippen molar-refractivity contribution in [1.82, 2.24) is 29.4 Å². The molecule has 0 atom stereocenters. The molecule has 0 spiro atoms. The van der Waals surface area contributed by atoms with Crippen LogP contribution in [0.1, 0.15) is 19.9 Å². The van der Waals surface area contributed by atoms with Gasteiger partial charge in [-0.1, -0.05) is 6.07 Å². The van der Waals surface area contributed by atoms with E-state index in [1.54, 1.807) is 18.0 Å². The molecule has 7 nitrogen and oxygen atoms in total. The average molecular weight is 340 g/mol. The smallest absolute Gasteiger partial charge is 0.304 e. The van der Waals surface area contributed by atoms with Crippen LogP contribution in [0.3, 0.4) is 0 Å². The summed E-state index contributed by atoms with van der Waals surface area (Å²) in [5, 5.41) is 9.55. The van der Waals surface area contributed by atoms with Gasteiger partial charge < -0.3 is 4.98 Å². The number of nitrogens with zero attached hydrogens (tertiary/aromatic N) is 5. The SMILES string of the molecule is CSc1cccc2c1[nH]c(=O)n1nc(-c3cnn(C(C)C)c3)nc21. The molecule has 0 bridgehead atoms. The van der Waals surface area contributed by atoms with Crippen LogP contribution in [0.4, 0.5) is 0 Å². The second-order valence-corrected chi connectivity index (χ2v) is 6.63. The summed E-state index contributed by atoms with van der Waals surface area (Å²) in [7, 11) is 0. The Morgan fingerprint density at radius 2 is 2.12 bits per heavy atom. The molecule has 3 heterocycles. The van der Waals surface area contributed by atoms with Gasteiger partial charge in [0.25, 0.3) is 0 Å². The first kappa shape index (κ1) is 14.9. The number of aromatic amines is 1. The van der Waals surface area contributed by atoms with Crippen molar-refractivity contribution in [3.8, 4) is 11.4 Å². The van der Waals surface area contributed by atoms with Gasteiger partial charge in [-0.25, -0.2) is 9.78 Å². The number of hydrogen-bond acceptors (Lipinski definition) is 5. The predicted molar refractivity (Wildman–Crippen MR) is 94.5 cm³/mol. The van der Waals surface area contributed by atoms with Crippen molar-refractivity contribution in [1.29, 1.82) is 0 Å². The number of fused-ring (bicyclic) bond motifs is 3. The molecule has 24 heavy (non-hydrogen) atoms. The lowest BCUT2D eigenvalue weighted by atomic mass is 10.2. The normalized spacial score (nSPS) is 11.8. The number of rotatable bonds is 3. The standard InChI is InChI=1S/C16H16N6OS/c1-9(2)21-8-10(7-17-21)14-19-15-11-5-4-6-12(24-3)13(11)18-16(23)22(15)20-14/h4-9H,1-3H3,(H,18,23). The van der Waals surface area contributed by atoms with E-state index in [2.05, 4.69) is 34.0 Å². The Morgan fingerprint density at radius 3 is 2.83 bits per heavy atom. The first-order chi connectivity index (χ1) is 11.6. The summed E-state index contributed by atoms with van der Waals surface area (Å²) in [6.45, 7) is 4.10. The summed E-state index contributed by atoms with van der Waals surface area (Å²) in [5.41, 5.74) is 1.84. The van der Waals surface area contributed by atoms with Crippen molar-refractivity contribution in [2.45, 2.75) is 24.8 Å². The fourth-order valence-corrected chi connectivity index (χ4v) is 3.24. The minimum atomic E-state index is -0.297. The van der Waals surface area contributed by atoms with E-state index >= 15 is 0 Å². The predicted octanol–water partition coefficient (Wildman–Crippen LogP) is 2.74. The highest BCUT2D eigenvalue weighted by Crippen LogP contribution is 2.26. The lowest BCUT2D eigenvalue weighted by molar-refractivity contribution is 0.532.